The van der Waals surface area contributed by atoms with Crippen LogP contribution in [0.25, 0.3) is 0 Å². The first-order valence-electron chi connectivity index (χ1n) is 6.76. The molecule has 0 aliphatic heterocycles. The van der Waals surface area contributed by atoms with Crippen LogP contribution in [-0.2, 0) is 6.42 Å². The van der Waals surface area contributed by atoms with E-state index in [1.807, 2.05) is 19.2 Å². The third kappa shape index (κ3) is 4.05. The zero-order valence-electron chi connectivity index (χ0n) is 11.7. The second-order valence-corrected chi connectivity index (χ2v) is 4.66. The minimum atomic E-state index is 0.913. The van der Waals surface area contributed by atoms with E-state index in [1.165, 1.54) is 17.0 Å². The van der Waals surface area contributed by atoms with Crippen molar-refractivity contribution in [2.24, 2.45) is 0 Å². The summed E-state index contributed by atoms with van der Waals surface area (Å²) >= 11 is 0. The number of allylic oxidation sites excluding steroid dienone is 4. The van der Waals surface area contributed by atoms with Crippen molar-refractivity contribution >= 4 is 0 Å². The van der Waals surface area contributed by atoms with Crippen LogP contribution in [0.5, 0.6) is 5.75 Å². The monoisotopic (exact) mass is 258 g/mol. The predicted octanol–water partition coefficient (Wildman–Crippen LogP) is 2.61. The van der Waals surface area contributed by atoms with Gasteiger partial charge in [-0.25, -0.2) is 0 Å². The highest BCUT2D eigenvalue weighted by molar-refractivity contribution is 5.27. The predicted molar refractivity (Wildman–Crippen MR) is 79.2 cm³/mol. The third-order valence-electron chi connectivity index (χ3n) is 3.40. The van der Waals surface area contributed by atoms with E-state index < -0.39 is 0 Å². The topological polar surface area (TPSA) is 33.3 Å². The summed E-state index contributed by atoms with van der Waals surface area (Å²) in [5.74, 6) is 0.913. The van der Waals surface area contributed by atoms with Crippen LogP contribution in [0.2, 0.25) is 0 Å². The van der Waals surface area contributed by atoms with Gasteiger partial charge in [0, 0.05) is 25.0 Å². The molecule has 3 heteroatoms. The first kappa shape index (κ1) is 13.5. The van der Waals surface area contributed by atoms with Crippen molar-refractivity contribution in [3.8, 4) is 5.75 Å². The average Bonchev–Trinajstić information content (AvgIpc) is 2.49. The van der Waals surface area contributed by atoms with Crippen molar-refractivity contribution in [2.45, 2.75) is 19.3 Å². The maximum atomic E-state index is 5.15. The van der Waals surface area contributed by atoms with Gasteiger partial charge < -0.3 is 15.4 Å². The lowest BCUT2D eigenvalue weighted by Gasteiger charge is -2.16. The molecule has 0 bridgehead atoms. The van der Waals surface area contributed by atoms with Crippen LogP contribution >= 0.6 is 0 Å². The Morgan fingerprint density at radius 2 is 1.74 bits per heavy atom. The molecule has 0 atom stereocenters. The summed E-state index contributed by atoms with van der Waals surface area (Å²) in [4.78, 5) is 0. The van der Waals surface area contributed by atoms with Gasteiger partial charge in [-0.2, -0.15) is 0 Å². The standard InChI is InChI=1S/C16H22N2O/c1-17-14-5-7-15(8-6-14)18-12-11-13-3-9-16(19-2)10-4-13/h3-5,7,9-10,17-18H,6,8,11-12H2,1-2H3. The zero-order chi connectivity index (χ0) is 13.5. The Kier molecular flexibility index (Phi) is 4.90. The number of hydrogen-bond acceptors (Lipinski definition) is 3. The van der Waals surface area contributed by atoms with Crippen LogP contribution in [0.1, 0.15) is 18.4 Å². The minimum absolute atomic E-state index is 0.913. The molecule has 0 unspecified atom stereocenters. The van der Waals surface area contributed by atoms with Gasteiger partial charge in [-0.3, -0.25) is 0 Å². The fourth-order valence-corrected chi connectivity index (χ4v) is 2.15. The largest absolute Gasteiger partial charge is 0.497 e. The maximum Gasteiger partial charge on any atom is 0.118 e. The van der Waals surface area contributed by atoms with E-state index in [-0.39, 0.29) is 0 Å². The van der Waals surface area contributed by atoms with Crippen LogP contribution in [0.4, 0.5) is 0 Å². The Bertz CT molecular complexity index is 460. The summed E-state index contributed by atoms with van der Waals surface area (Å²) in [5.41, 5.74) is 3.96. The molecule has 0 fully saturated rings. The lowest BCUT2D eigenvalue weighted by atomic mass is 10.1. The highest BCUT2D eigenvalue weighted by Gasteiger charge is 2.04. The second kappa shape index (κ2) is 6.88. The minimum Gasteiger partial charge on any atom is -0.497 e. The molecule has 19 heavy (non-hydrogen) atoms. The number of hydrogen-bond donors (Lipinski definition) is 2. The molecule has 0 heterocycles. The molecular formula is C16H22N2O. The van der Waals surface area contributed by atoms with Gasteiger partial charge in [-0.15, -0.1) is 0 Å². The molecule has 0 amide bonds. The number of benzene rings is 1. The molecule has 1 aromatic rings. The molecule has 0 aromatic heterocycles. The highest BCUT2D eigenvalue weighted by atomic mass is 16.5. The van der Waals surface area contributed by atoms with Crippen molar-refractivity contribution in [3.05, 3.63) is 53.4 Å². The summed E-state index contributed by atoms with van der Waals surface area (Å²) in [5, 5.41) is 6.69. The first-order valence-corrected chi connectivity index (χ1v) is 6.76. The van der Waals surface area contributed by atoms with Gasteiger partial charge >= 0.3 is 0 Å². The van der Waals surface area contributed by atoms with Crippen LogP contribution in [-0.4, -0.2) is 20.7 Å². The highest BCUT2D eigenvalue weighted by Crippen LogP contribution is 2.14. The molecule has 1 aliphatic carbocycles. The molecule has 2 rings (SSSR count). The normalized spacial score (nSPS) is 14.4. The van der Waals surface area contributed by atoms with Crippen molar-refractivity contribution in [1.82, 2.24) is 10.6 Å². The van der Waals surface area contributed by atoms with Crippen LogP contribution in [0, 0.1) is 0 Å². The Morgan fingerprint density at radius 3 is 2.32 bits per heavy atom. The Hall–Kier alpha value is -1.90. The lowest BCUT2D eigenvalue weighted by molar-refractivity contribution is 0.414. The van der Waals surface area contributed by atoms with E-state index >= 15 is 0 Å². The summed E-state index contributed by atoms with van der Waals surface area (Å²) < 4.78 is 5.15. The Morgan fingerprint density at radius 1 is 1.05 bits per heavy atom. The lowest BCUT2D eigenvalue weighted by Crippen LogP contribution is -2.19. The van der Waals surface area contributed by atoms with E-state index in [0.717, 1.165) is 31.6 Å². The van der Waals surface area contributed by atoms with E-state index in [4.69, 9.17) is 4.74 Å². The van der Waals surface area contributed by atoms with Crippen molar-refractivity contribution in [3.63, 3.8) is 0 Å². The molecule has 102 valence electrons. The molecule has 1 aliphatic rings. The fourth-order valence-electron chi connectivity index (χ4n) is 2.15. The van der Waals surface area contributed by atoms with Gasteiger partial charge in [0.05, 0.1) is 7.11 Å². The average molecular weight is 258 g/mol. The molecular weight excluding hydrogens is 236 g/mol. The number of rotatable bonds is 6. The molecule has 0 saturated carbocycles. The van der Waals surface area contributed by atoms with Gasteiger partial charge in [-0.05, 0) is 49.1 Å². The molecule has 0 radical (unpaired) electrons. The molecule has 0 spiro atoms. The van der Waals surface area contributed by atoms with Gasteiger partial charge in [-0.1, -0.05) is 12.1 Å². The van der Waals surface area contributed by atoms with E-state index in [0.29, 0.717) is 0 Å². The van der Waals surface area contributed by atoms with Gasteiger partial charge in [0.1, 0.15) is 5.75 Å². The number of nitrogens with one attached hydrogen (secondary N) is 2. The van der Waals surface area contributed by atoms with Crippen LogP contribution < -0.4 is 15.4 Å². The van der Waals surface area contributed by atoms with Gasteiger partial charge in [0.15, 0.2) is 0 Å². The van der Waals surface area contributed by atoms with Gasteiger partial charge in [0.2, 0.25) is 0 Å². The first-order chi connectivity index (χ1) is 9.31. The SMILES string of the molecule is CNC1=CC=C(NCCc2ccc(OC)cc2)CC1. The zero-order valence-corrected chi connectivity index (χ0v) is 11.7. The fraction of sp³-hybridized carbons (Fsp3) is 0.375. The third-order valence-corrected chi connectivity index (χ3v) is 3.40. The van der Waals surface area contributed by atoms with E-state index in [9.17, 15) is 0 Å². The van der Waals surface area contributed by atoms with Crippen LogP contribution in [0.15, 0.2) is 47.8 Å². The Balaban J connectivity index is 1.77. The Labute approximate surface area is 115 Å². The molecule has 1 aromatic carbocycles. The van der Waals surface area contributed by atoms with Crippen molar-refractivity contribution < 1.29 is 4.74 Å². The molecule has 2 N–H and O–H groups in total. The molecule has 0 saturated heterocycles. The summed E-state index contributed by atoms with van der Waals surface area (Å²) in [7, 11) is 3.67. The van der Waals surface area contributed by atoms with Gasteiger partial charge in [0.25, 0.3) is 0 Å². The maximum absolute atomic E-state index is 5.15. The van der Waals surface area contributed by atoms with E-state index in [2.05, 4.69) is 34.9 Å². The van der Waals surface area contributed by atoms with Crippen molar-refractivity contribution in [1.29, 1.82) is 0 Å². The van der Waals surface area contributed by atoms with Crippen LogP contribution in [0.3, 0.4) is 0 Å². The summed E-state index contributed by atoms with van der Waals surface area (Å²) in [6.07, 6.45) is 7.54. The van der Waals surface area contributed by atoms with Crippen molar-refractivity contribution in [2.75, 3.05) is 20.7 Å². The number of ether oxygens (including phenoxy) is 1. The summed E-state index contributed by atoms with van der Waals surface area (Å²) in [6.45, 7) is 0.973. The number of methoxy groups -OCH3 is 1. The quantitative estimate of drug-likeness (QED) is 0.823. The molecule has 3 nitrogen and oxygen atoms in total. The summed E-state index contributed by atoms with van der Waals surface area (Å²) in [6, 6.07) is 8.26. The smallest absolute Gasteiger partial charge is 0.118 e. The second-order valence-electron chi connectivity index (χ2n) is 4.66. The van der Waals surface area contributed by atoms with E-state index in [1.54, 1.807) is 7.11 Å².